The van der Waals surface area contributed by atoms with E-state index in [9.17, 15) is 4.79 Å². The number of anilines is 1. The molecule has 0 spiro atoms. The van der Waals surface area contributed by atoms with E-state index in [1.54, 1.807) is 23.1 Å². The molecule has 0 aliphatic carbocycles. The van der Waals surface area contributed by atoms with Crippen molar-refractivity contribution in [3.8, 4) is 0 Å². The molecule has 0 fully saturated rings. The van der Waals surface area contributed by atoms with Gasteiger partial charge in [0.15, 0.2) is 0 Å². The van der Waals surface area contributed by atoms with Gasteiger partial charge in [-0.1, -0.05) is 11.6 Å². The van der Waals surface area contributed by atoms with Gasteiger partial charge in [0.05, 0.1) is 15.7 Å². The van der Waals surface area contributed by atoms with Crippen molar-refractivity contribution in [3.63, 3.8) is 0 Å². The van der Waals surface area contributed by atoms with Gasteiger partial charge in [0.2, 0.25) is 5.91 Å². The number of hydrogen-bond donors (Lipinski definition) is 1. The molecule has 0 saturated carbocycles. The smallest absolute Gasteiger partial charge is 0.224 e. The molecule has 0 aliphatic rings. The number of nitrogens with zero attached hydrogens (tertiary/aromatic N) is 1. The number of fused-ring (bicyclic) bond motifs is 1. The molecular weight excluding hydrogens is 348 g/mol. The van der Waals surface area contributed by atoms with Crippen molar-refractivity contribution < 1.29 is 4.79 Å². The van der Waals surface area contributed by atoms with E-state index >= 15 is 0 Å². The van der Waals surface area contributed by atoms with Gasteiger partial charge < -0.3 is 5.32 Å². The van der Waals surface area contributed by atoms with Crippen molar-refractivity contribution in [2.75, 3.05) is 11.1 Å². The lowest BCUT2D eigenvalue weighted by atomic mass is 10.2. The fraction of sp³-hybridized carbons (Fsp3) is 0.176. The van der Waals surface area contributed by atoms with E-state index in [0.717, 1.165) is 33.1 Å². The summed E-state index contributed by atoms with van der Waals surface area (Å²) in [5.41, 5.74) is 3.61. The number of carbonyl (C=O) groups is 1. The predicted molar refractivity (Wildman–Crippen MR) is 99.7 cm³/mol. The average Bonchev–Trinajstić information content (AvgIpc) is 3.01. The molecule has 3 rings (SSSR count). The van der Waals surface area contributed by atoms with Crippen molar-refractivity contribution in [1.82, 2.24) is 4.98 Å². The second-order valence-corrected chi connectivity index (χ2v) is 7.48. The molecule has 0 bridgehead atoms. The highest BCUT2D eigenvalue weighted by Gasteiger charge is 2.04. The molecule has 1 aromatic heterocycles. The highest BCUT2D eigenvalue weighted by Crippen LogP contribution is 2.23. The highest BCUT2D eigenvalue weighted by atomic mass is 35.5. The standard InChI is InChI=1S/C17H15ClN2OS2/c18-12-3-6-14(7-4-12)22-9-1-2-17(21)20-13-5-8-15-16(10-13)23-11-19-15/h3-8,10-11H,1-2,9H2,(H,20,21). The number of rotatable bonds is 6. The molecular formula is C17H15ClN2OS2. The number of amides is 1. The Balaban J connectivity index is 1.43. The first-order chi connectivity index (χ1) is 11.2. The van der Waals surface area contributed by atoms with Gasteiger partial charge in [-0.2, -0.15) is 0 Å². The third kappa shape index (κ3) is 4.70. The van der Waals surface area contributed by atoms with Crippen LogP contribution < -0.4 is 5.32 Å². The number of carbonyl (C=O) groups excluding carboxylic acids is 1. The van der Waals surface area contributed by atoms with Crippen LogP contribution >= 0.6 is 34.7 Å². The zero-order valence-corrected chi connectivity index (χ0v) is 14.7. The van der Waals surface area contributed by atoms with Crippen LogP contribution in [0.1, 0.15) is 12.8 Å². The van der Waals surface area contributed by atoms with Crippen molar-refractivity contribution >= 4 is 56.5 Å². The van der Waals surface area contributed by atoms with Gasteiger partial charge in [-0.15, -0.1) is 23.1 Å². The number of nitrogens with one attached hydrogen (secondary N) is 1. The first-order valence-electron chi connectivity index (χ1n) is 7.22. The Labute approximate surface area is 148 Å². The number of halogens is 1. The molecule has 0 atom stereocenters. The number of thioether (sulfide) groups is 1. The number of benzene rings is 2. The lowest BCUT2D eigenvalue weighted by Gasteiger charge is -2.05. The van der Waals surface area contributed by atoms with E-state index in [4.69, 9.17) is 11.6 Å². The third-order valence-corrected chi connectivity index (χ3v) is 5.39. The van der Waals surface area contributed by atoms with E-state index in [2.05, 4.69) is 10.3 Å². The van der Waals surface area contributed by atoms with Crippen LogP contribution in [0, 0.1) is 0 Å². The Morgan fingerprint density at radius 1 is 1.22 bits per heavy atom. The molecule has 0 aliphatic heterocycles. The molecule has 1 amide bonds. The summed E-state index contributed by atoms with van der Waals surface area (Å²) in [6, 6.07) is 13.5. The minimum atomic E-state index is 0.0468. The highest BCUT2D eigenvalue weighted by molar-refractivity contribution is 7.99. The largest absolute Gasteiger partial charge is 0.326 e. The Morgan fingerprint density at radius 2 is 2.04 bits per heavy atom. The van der Waals surface area contributed by atoms with Crippen molar-refractivity contribution in [2.24, 2.45) is 0 Å². The van der Waals surface area contributed by atoms with Gasteiger partial charge >= 0.3 is 0 Å². The maximum atomic E-state index is 12.0. The minimum Gasteiger partial charge on any atom is -0.326 e. The fourth-order valence-electron chi connectivity index (χ4n) is 2.11. The summed E-state index contributed by atoms with van der Waals surface area (Å²) in [5.74, 6) is 0.953. The summed E-state index contributed by atoms with van der Waals surface area (Å²) in [4.78, 5) is 17.4. The molecule has 23 heavy (non-hydrogen) atoms. The molecule has 6 heteroatoms. The maximum absolute atomic E-state index is 12.0. The average molecular weight is 363 g/mol. The quantitative estimate of drug-likeness (QED) is 0.467. The van der Waals surface area contributed by atoms with Gasteiger partial charge in [0, 0.05) is 22.0 Å². The minimum absolute atomic E-state index is 0.0468. The van der Waals surface area contributed by atoms with Crippen LogP contribution in [0.25, 0.3) is 10.2 Å². The molecule has 0 saturated heterocycles. The molecule has 3 aromatic rings. The second kappa shape index (κ2) is 7.81. The van der Waals surface area contributed by atoms with Crippen molar-refractivity contribution in [2.45, 2.75) is 17.7 Å². The van der Waals surface area contributed by atoms with Crippen molar-refractivity contribution in [1.29, 1.82) is 0 Å². The summed E-state index contributed by atoms with van der Waals surface area (Å²) in [5, 5.41) is 3.69. The van der Waals surface area contributed by atoms with Gasteiger partial charge in [-0.3, -0.25) is 4.79 Å². The molecule has 1 heterocycles. The van der Waals surface area contributed by atoms with Gasteiger partial charge in [-0.05, 0) is 54.6 Å². The lowest BCUT2D eigenvalue weighted by Crippen LogP contribution is -2.11. The van der Waals surface area contributed by atoms with E-state index in [1.807, 2.05) is 48.0 Å². The maximum Gasteiger partial charge on any atom is 0.224 e. The summed E-state index contributed by atoms with van der Waals surface area (Å²) in [7, 11) is 0. The normalized spacial score (nSPS) is 10.8. The van der Waals surface area contributed by atoms with Crippen LogP contribution in [-0.2, 0) is 4.79 Å². The summed E-state index contributed by atoms with van der Waals surface area (Å²) >= 11 is 9.16. The predicted octanol–water partition coefficient (Wildman–Crippen LogP) is 5.46. The Morgan fingerprint density at radius 3 is 2.87 bits per heavy atom. The van der Waals surface area contributed by atoms with Crippen LogP contribution in [0.4, 0.5) is 5.69 Å². The van der Waals surface area contributed by atoms with Crippen molar-refractivity contribution in [3.05, 3.63) is 53.0 Å². The third-order valence-electron chi connectivity index (χ3n) is 3.25. The zero-order valence-electron chi connectivity index (χ0n) is 12.3. The fourth-order valence-corrected chi connectivity index (χ4v) is 3.81. The van der Waals surface area contributed by atoms with Crippen LogP contribution in [0.5, 0.6) is 0 Å². The molecule has 3 nitrogen and oxygen atoms in total. The molecule has 0 radical (unpaired) electrons. The first-order valence-corrected chi connectivity index (χ1v) is 9.46. The monoisotopic (exact) mass is 362 g/mol. The van der Waals surface area contributed by atoms with Gasteiger partial charge in [0.25, 0.3) is 0 Å². The van der Waals surface area contributed by atoms with Crippen LogP contribution in [0.2, 0.25) is 5.02 Å². The van der Waals surface area contributed by atoms with E-state index in [0.29, 0.717) is 6.42 Å². The lowest BCUT2D eigenvalue weighted by molar-refractivity contribution is -0.116. The van der Waals surface area contributed by atoms with Crippen LogP contribution in [-0.4, -0.2) is 16.6 Å². The van der Waals surface area contributed by atoms with E-state index < -0.39 is 0 Å². The summed E-state index contributed by atoms with van der Waals surface area (Å²) in [6.45, 7) is 0. The first kappa shape index (κ1) is 16.3. The molecule has 118 valence electrons. The van der Waals surface area contributed by atoms with E-state index in [1.165, 1.54) is 4.90 Å². The molecule has 2 aromatic carbocycles. The molecule has 0 unspecified atom stereocenters. The Kier molecular flexibility index (Phi) is 5.54. The van der Waals surface area contributed by atoms with E-state index in [-0.39, 0.29) is 5.91 Å². The Hall–Kier alpha value is -1.56. The zero-order chi connectivity index (χ0) is 16.1. The van der Waals surface area contributed by atoms with Gasteiger partial charge in [0.1, 0.15) is 0 Å². The topological polar surface area (TPSA) is 42.0 Å². The molecule has 1 N–H and O–H groups in total. The SMILES string of the molecule is O=C(CCCSc1ccc(Cl)cc1)Nc1ccc2ncsc2c1. The summed E-state index contributed by atoms with van der Waals surface area (Å²) in [6.07, 6.45) is 1.35. The number of hydrogen-bond acceptors (Lipinski definition) is 4. The second-order valence-electron chi connectivity index (χ2n) is 4.99. The van der Waals surface area contributed by atoms with Crippen LogP contribution in [0.3, 0.4) is 0 Å². The number of thiazole rings is 1. The number of aromatic nitrogens is 1. The van der Waals surface area contributed by atoms with Crippen LogP contribution in [0.15, 0.2) is 52.9 Å². The van der Waals surface area contributed by atoms with Gasteiger partial charge in [-0.25, -0.2) is 4.98 Å². The summed E-state index contributed by atoms with van der Waals surface area (Å²) < 4.78 is 1.08. The Bertz CT molecular complexity index is 802.